The molecule has 0 bridgehead atoms. The molecule has 8 nitrogen and oxygen atoms in total. The van der Waals surface area contributed by atoms with E-state index in [0.29, 0.717) is 11.5 Å². The first-order valence-corrected chi connectivity index (χ1v) is 9.70. The average Bonchev–Trinajstić information content (AvgIpc) is 2.77. The Balaban J connectivity index is 1.72. The van der Waals surface area contributed by atoms with Crippen LogP contribution in [-0.4, -0.2) is 37.5 Å². The standard InChI is InChI=1S/C23H27N3O5/c1-15-5-9-20(13-16(15)2)31-14-22(28)25-26-23(29)17(3)24-21(27)12-8-18-6-10-19(30-4)11-7-18/h5-13,17H,14H2,1-4H3,(H,24,27)(H,25,28)(H,26,29)/b12-8+. The fourth-order valence-electron chi connectivity index (χ4n) is 2.44. The highest BCUT2D eigenvalue weighted by atomic mass is 16.5. The topological polar surface area (TPSA) is 106 Å². The van der Waals surface area contributed by atoms with Crippen molar-refractivity contribution in [2.45, 2.75) is 26.8 Å². The molecule has 2 rings (SSSR count). The van der Waals surface area contributed by atoms with E-state index < -0.39 is 23.8 Å². The van der Waals surface area contributed by atoms with Gasteiger partial charge in [-0.2, -0.15) is 0 Å². The Labute approximate surface area is 181 Å². The van der Waals surface area contributed by atoms with Crippen LogP contribution >= 0.6 is 0 Å². The van der Waals surface area contributed by atoms with E-state index in [1.165, 1.54) is 13.0 Å². The lowest BCUT2D eigenvalue weighted by Crippen LogP contribution is -2.51. The van der Waals surface area contributed by atoms with E-state index in [4.69, 9.17) is 9.47 Å². The third-order valence-electron chi connectivity index (χ3n) is 4.47. The molecule has 0 saturated carbocycles. The third-order valence-corrected chi connectivity index (χ3v) is 4.47. The van der Waals surface area contributed by atoms with Gasteiger partial charge >= 0.3 is 0 Å². The summed E-state index contributed by atoms with van der Waals surface area (Å²) in [4.78, 5) is 35.9. The summed E-state index contributed by atoms with van der Waals surface area (Å²) in [6.45, 7) is 5.18. The van der Waals surface area contributed by atoms with Crippen molar-refractivity contribution in [3.63, 3.8) is 0 Å². The molecule has 31 heavy (non-hydrogen) atoms. The van der Waals surface area contributed by atoms with Crippen molar-refractivity contribution in [2.75, 3.05) is 13.7 Å². The second-order valence-electron chi connectivity index (χ2n) is 6.91. The average molecular weight is 425 g/mol. The minimum absolute atomic E-state index is 0.256. The molecule has 0 heterocycles. The van der Waals surface area contributed by atoms with Crippen molar-refractivity contribution >= 4 is 23.8 Å². The molecule has 0 aliphatic heterocycles. The first kappa shape index (κ1) is 23.5. The van der Waals surface area contributed by atoms with Crippen molar-refractivity contribution in [2.24, 2.45) is 0 Å². The molecule has 164 valence electrons. The van der Waals surface area contributed by atoms with E-state index in [1.807, 2.05) is 26.0 Å². The number of benzene rings is 2. The third kappa shape index (κ3) is 7.85. The molecule has 3 amide bonds. The highest BCUT2D eigenvalue weighted by molar-refractivity contribution is 5.95. The summed E-state index contributed by atoms with van der Waals surface area (Å²) >= 11 is 0. The van der Waals surface area contributed by atoms with Crippen molar-refractivity contribution < 1.29 is 23.9 Å². The molecule has 0 fully saturated rings. The van der Waals surface area contributed by atoms with Crippen LogP contribution in [0.3, 0.4) is 0 Å². The van der Waals surface area contributed by atoms with Crippen LogP contribution < -0.4 is 25.6 Å². The molecular weight excluding hydrogens is 398 g/mol. The summed E-state index contributed by atoms with van der Waals surface area (Å²) in [6, 6.07) is 11.8. The summed E-state index contributed by atoms with van der Waals surface area (Å²) in [7, 11) is 1.57. The number of aryl methyl sites for hydroxylation is 2. The van der Waals surface area contributed by atoms with E-state index >= 15 is 0 Å². The molecule has 1 unspecified atom stereocenters. The van der Waals surface area contributed by atoms with Crippen LogP contribution in [0.2, 0.25) is 0 Å². The Morgan fingerprint density at radius 2 is 1.65 bits per heavy atom. The number of carbonyl (C=O) groups is 3. The maximum atomic E-state index is 12.1. The Bertz CT molecular complexity index is 954. The van der Waals surface area contributed by atoms with E-state index in [9.17, 15) is 14.4 Å². The molecule has 0 aromatic heterocycles. The van der Waals surface area contributed by atoms with Gasteiger partial charge in [-0.05, 0) is 67.8 Å². The minimum Gasteiger partial charge on any atom is -0.497 e. The Hall–Kier alpha value is -3.81. The second kappa shape index (κ2) is 11.4. The first-order chi connectivity index (χ1) is 14.8. The lowest BCUT2D eigenvalue weighted by molar-refractivity contribution is -0.131. The van der Waals surface area contributed by atoms with Gasteiger partial charge in [-0.1, -0.05) is 18.2 Å². The largest absolute Gasteiger partial charge is 0.497 e. The van der Waals surface area contributed by atoms with Crippen LogP contribution in [-0.2, 0) is 14.4 Å². The molecular formula is C23H27N3O5. The van der Waals surface area contributed by atoms with Gasteiger partial charge in [-0.3, -0.25) is 25.2 Å². The van der Waals surface area contributed by atoms with Crippen molar-refractivity contribution in [1.82, 2.24) is 16.2 Å². The molecule has 2 aromatic carbocycles. The summed E-state index contributed by atoms with van der Waals surface area (Å²) in [5.41, 5.74) is 7.50. The molecule has 2 aromatic rings. The van der Waals surface area contributed by atoms with Crippen LogP contribution in [0.4, 0.5) is 0 Å². The van der Waals surface area contributed by atoms with Crippen LogP contribution in [0.5, 0.6) is 11.5 Å². The molecule has 0 aliphatic carbocycles. The monoisotopic (exact) mass is 425 g/mol. The molecule has 0 spiro atoms. The molecule has 8 heteroatoms. The van der Waals surface area contributed by atoms with Crippen LogP contribution in [0.1, 0.15) is 23.6 Å². The Morgan fingerprint density at radius 3 is 2.29 bits per heavy atom. The van der Waals surface area contributed by atoms with Gasteiger partial charge in [0.2, 0.25) is 5.91 Å². The van der Waals surface area contributed by atoms with Gasteiger partial charge in [0.05, 0.1) is 7.11 Å². The van der Waals surface area contributed by atoms with Gasteiger partial charge in [-0.15, -0.1) is 0 Å². The maximum Gasteiger partial charge on any atom is 0.276 e. The lowest BCUT2D eigenvalue weighted by atomic mass is 10.1. The summed E-state index contributed by atoms with van der Waals surface area (Å²) < 4.78 is 10.5. The summed E-state index contributed by atoms with van der Waals surface area (Å²) in [6.07, 6.45) is 2.94. The highest BCUT2D eigenvalue weighted by Gasteiger charge is 2.15. The highest BCUT2D eigenvalue weighted by Crippen LogP contribution is 2.16. The van der Waals surface area contributed by atoms with Gasteiger partial charge in [0, 0.05) is 6.08 Å². The summed E-state index contributed by atoms with van der Waals surface area (Å²) in [5, 5.41) is 2.52. The van der Waals surface area contributed by atoms with Crippen LogP contribution in [0.15, 0.2) is 48.5 Å². The second-order valence-corrected chi connectivity index (χ2v) is 6.91. The minimum atomic E-state index is -0.853. The quantitative estimate of drug-likeness (QED) is 0.443. The SMILES string of the molecule is COc1ccc(/C=C/C(=O)NC(C)C(=O)NNC(=O)COc2ccc(C)c(C)c2)cc1. The predicted octanol–water partition coefficient (Wildman–Crippen LogP) is 2.06. The van der Waals surface area contributed by atoms with Crippen LogP contribution in [0, 0.1) is 13.8 Å². The van der Waals surface area contributed by atoms with Crippen LogP contribution in [0.25, 0.3) is 6.08 Å². The van der Waals surface area contributed by atoms with Crippen molar-refractivity contribution in [1.29, 1.82) is 0 Å². The number of hydrazine groups is 1. The van der Waals surface area contributed by atoms with Gasteiger partial charge in [0.1, 0.15) is 17.5 Å². The number of hydrogen-bond acceptors (Lipinski definition) is 5. The van der Waals surface area contributed by atoms with Crippen molar-refractivity contribution in [3.05, 3.63) is 65.2 Å². The molecule has 3 N–H and O–H groups in total. The smallest absolute Gasteiger partial charge is 0.276 e. The molecule has 1 atom stereocenters. The molecule has 0 aliphatic rings. The number of carbonyl (C=O) groups excluding carboxylic acids is 3. The zero-order valence-corrected chi connectivity index (χ0v) is 18.0. The number of rotatable bonds is 8. The van der Waals surface area contributed by atoms with E-state index in [2.05, 4.69) is 16.2 Å². The van der Waals surface area contributed by atoms with Crippen molar-refractivity contribution in [3.8, 4) is 11.5 Å². The predicted molar refractivity (Wildman–Crippen MR) is 117 cm³/mol. The van der Waals surface area contributed by atoms with Gasteiger partial charge in [0.15, 0.2) is 6.61 Å². The number of ether oxygens (including phenoxy) is 2. The van der Waals surface area contributed by atoms with Gasteiger partial charge < -0.3 is 14.8 Å². The fourth-order valence-corrected chi connectivity index (χ4v) is 2.44. The zero-order valence-electron chi connectivity index (χ0n) is 18.0. The number of hydrogen-bond donors (Lipinski definition) is 3. The lowest BCUT2D eigenvalue weighted by Gasteiger charge is -2.14. The summed E-state index contributed by atoms with van der Waals surface area (Å²) in [5.74, 6) is -0.250. The molecule has 0 saturated heterocycles. The normalized spacial score (nSPS) is 11.5. The fraction of sp³-hybridized carbons (Fsp3) is 0.261. The Morgan fingerprint density at radius 1 is 0.968 bits per heavy atom. The molecule has 0 radical (unpaired) electrons. The van der Waals surface area contributed by atoms with Gasteiger partial charge in [-0.25, -0.2) is 0 Å². The number of nitrogens with one attached hydrogen (secondary N) is 3. The first-order valence-electron chi connectivity index (χ1n) is 9.70. The van der Waals surface area contributed by atoms with E-state index in [-0.39, 0.29) is 6.61 Å². The maximum absolute atomic E-state index is 12.1. The van der Waals surface area contributed by atoms with Gasteiger partial charge in [0.25, 0.3) is 11.8 Å². The zero-order chi connectivity index (χ0) is 22.8. The Kier molecular flexibility index (Phi) is 8.63. The van der Waals surface area contributed by atoms with E-state index in [1.54, 1.807) is 43.5 Å². The number of methoxy groups -OCH3 is 1. The number of amides is 3. The van der Waals surface area contributed by atoms with E-state index in [0.717, 1.165) is 16.7 Å².